The fraction of sp³-hybridized carbons (Fsp3) is 0.389. The second-order valence-corrected chi connectivity index (χ2v) is 6.75. The molecule has 4 rings (SSSR count). The van der Waals surface area contributed by atoms with Crippen LogP contribution in [0.1, 0.15) is 41.7 Å². The molecule has 0 aliphatic carbocycles. The molecule has 1 atom stereocenters. The topological polar surface area (TPSA) is 63.1 Å². The van der Waals surface area contributed by atoms with Crippen LogP contribution in [-0.2, 0) is 13.0 Å². The number of aromatic nitrogens is 3. The SMILES string of the molecule is CC1=Cc2nc(C)cc(=O)n2NC1N1CCc2ncc(C(F)F)cc2C1. The van der Waals surface area contributed by atoms with E-state index in [9.17, 15) is 13.6 Å². The molecule has 2 aliphatic heterocycles. The van der Waals surface area contributed by atoms with Crippen molar-refractivity contribution in [2.45, 2.75) is 39.4 Å². The van der Waals surface area contributed by atoms with E-state index in [1.165, 1.54) is 23.0 Å². The van der Waals surface area contributed by atoms with Crippen molar-refractivity contribution in [1.29, 1.82) is 0 Å². The first-order valence-electron chi connectivity index (χ1n) is 8.47. The van der Waals surface area contributed by atoms with Gasteiger partial charge in [-0.1, -0.05) is 0 Å². The molecule has 0 spiro atoms. The lowest BCUT2D eigenvalue weighted by Gasteiger charge is -2.38. The van der Waals surface area contributed by atoms with E-state index in [2.05, 4.69) is 20.3 Å². The number of hydrogen-bond donors (Lipinski definition) is 1. The summed E-state index contributed by atoms with van der Waals surface area (Å²) in [5, 5.41) is 0. The molecule has 0 saturated carbocycles. The normalized spacial score (nSPS) is 19.6. The molecule has 6 nitrogen and oxygen atoms in total. The van der Waals surface area contributed by atoms with Gasteiger partial charge in [0, 0.05) is 48.7 Å². The van der Waals surface area contributed by atoms with E-state index in [4.69, 9.17) is 0 Å². The van der Waals surface area contributed by atoms with Gasteiger partial charge in [0.15, 0.2) is 5.82 Å². The van der Waals surface area contributed by atoms with Crippen LogP contribution in [0.15, 0.2) is 28.7 Å². The van der Waals surface area contributed by atoms with Gasteiger partial charge in [0.1, 0.15) is 6.17 Å². The summed E-state index contributed by atoms with van der Waals surface area (Å²) in [6, 6.07) is 3.01. The van der Waals surface area contributed by atoms with Gasteiger partial charge < -0.3 is 0 Å². The molecule has 4 heterocycles. The van der Waals surface area contributed by atoms with Gasteiger partial charge in [0.25, 0.3) is 12.0 Å². The number of nitrogens with one attached hydrogen (secondary N) is 1. The quantitative estimate of drug-likeness (QED) is 0.891. The van der Waals surface area contributed by atoms with E-state index in [1.54, 1.807) is 6.92 Å². The predicted octanol–water partition coefficient (Wildman–Crippen LogP) is 2.23. The minimum atomic E-state index is -2.53. The third-order valence-corrected chi connectivity index (χ3v) is 4.82. The number of fused-ring (bicyclic) bond motifs is 2. The molecular formula is C18H19F2N5O. The lowest BCUT2D eigenvalue weighted by atomic mass is 10.0. The number of alkyl halides is 2. The molecule has 26 heavy (non-hydrogen) atoms. The number of aryl methyl sites for hydroxylation is 1. The van der Waals surface area contributed by atoms with Crippen LogP contribution in [0, 0.1) is 6.92 Å². The molecule has 0 bridgehead atoms. The highest BCUT2D eigenvalue weighted by molar-refractivity contribution is 5.50. The zero-order valence-corrected chi connectivity index (χ0v) is 14.5. The van der Waals surface area contributed by atoms with E-state index < -0.39 is 6.43 Å². The number of pyridine rings is 1. The van der Waals surface area contributed by atoms with Gasteiger partial charge in [0.2, 0.25) is 0 Å². The second-order valence-electron chi connectivity index (χ2n) is 6.75. The van der Waals surface area contributed by atoms with Crippen molar-refractivity contribution in [3.05, 3.63) is 62.6 Å². The standard InChI is InChI=1S/C18H19F2N5O/c1-10-5-15-22-11(2)6-16(26)25(15)23-18(10)24-4-3-14-13(9-24)7-12(8-21-14)17(19)20/h5-8,17-18,23H,3-4,9H2,1-2H3. The number of halogens is 2. The van der Waals surface area contributed by atoms with Gasteiger partial charge in [-0.25, -0.2) is 18.4 Å². The predicted molar refractivity (Wildman–Crippen MR) is 93.3 cm³/mol. The Morgan fingerprint density at radius 1 is 1.31 bits per heavy atom. The molecule has 0 radical (unpaired) electrons. The van der Waals surface area contributed by atoms with Crippen molar-refractivity contribution in [3.63, 3.8) is 0 Å². The van der Waals surface area contributed by atoms with Gasteiger partial charge in [0.05, 0.1) is 0 Å². The Kier molecular flexibility index (Phi) is 4.07. The first-order chi connectivity index (χ1) is 12.4. The molecule has 8 heteroatoms. The molecule has 2 aromatic heterocycles. The van der Waals surface area contributed by atoms with Crippen LogP contribution in [0.5, 0.6) is 0 Å². The van der Waals surface area contributed by atoms with E-state index >= 15 is 0 Å². The average Bonchev–Trinajstić information content (AvgIpc) is 2.60. The Morgan fingerprint density at radius 3 is 2.88 bits per heavy atom. The molecule has 0 amide bonds. The first kappa shape index (κ1) is 16.8. The van der Waals surface area contributed by atoms with Crippen LogP contribution in [-0.4, -0.2) is 32.3 Å². The van der Waals surface area contributed by atoms with E-state index in [0.29, 0.717) is 24.5 Å². The summed E-state index contributed by atoms with van der Waals surface area (Å²) in [4.78, 5) is 23.0. The molecule has 0 aromatic carbocycles. The average molecular weight is 359 g/mol. The Balaban J connectivity index is 1.63. The van der Waals surface area contributed by atoms with E-state index in [-0.39, 0.29) is 17.3 Å². The van der Waals surface area contributed by atoms with Crippen molar-refractivity contribution in [2.24, 2.45) is 0 Å². The van der Waals surface area contributed by atoms with Crippen LogP contribution in [0.2, 0.25) is 0 Å². The van der Waals surface area contributed by atoms with Gasteiger partial charge in [-0.3, -0.25) is 20.1 Å². The van der Waals surface area contributed by atoms with Crippen molar-refractivity contribution in [2.75, 3.05) is 12.0 Å². The van der Waals surface area contributed by atoms with Gasteiger partial charge in [-0.2, -0.15) is 0 Å². The van der Waals surface area contributed by atoms with Crippen molar-refractivity contribution >= 4 is 6.08 Å². The second kappa shape index (κ2) is 6.28. The van der Waals surface area contributed by atoms with E-state index in [0.717, 1.165) is 23.4 Å². The Bertz CT molecular complexity index is 953. The minimum Gasteiger partial charge on any atom is -0.300 e. The first-order valence-corrected chi connectivity index (χ1v) is 8.47. The summed E-state index contributed by atoms with van der Waals surface area (Å²) >= 11 is 0. The van der Waals surface area contributed by atoms with Crippen molar-refractivity contribution < 1.29 is 8.78 Å². The maximum atomic E-state index is 13.0. The van der Waals surface area contributed by atoms with Crippen LogP contribution >= 0.6 is 0 Å². The fourth-order valence-corrected chi connectivity index (χ4v) is 3.53. The highest BCUT2D eigenvalue weighted by Gasteiger charge is 2.29. The molecule has 136 valence electrons. The molecule has 0 saturated heterocycles. The van der Waals surface area contributed by atoms with Crippen LogP contribution in [0.4, 0.5) is 8.78 Å². The summed E-state index contributed by atoms with van der Waals surface area (Å²) in [6.45, 7) is 4.97. The maximum absolute atomic E-state index is 13.0. The van der Waals surface area contributed by atoms with Gasteiger partial charge in [-0.15, -0.1) is 0 Å². The van der Waals surface area contributed by atoms with Crippen molar-refractivity contribution in [1.82, 2.24) is 19.5 Å². The van der Waals surface area contributed by atoms with Gasteiger partial charge in [-0.05, 0) is 37.1 Å². The maximum Gasteiger partial charge on any atom is 0.272 e. The molecular weight excluding hydrogens is 340 g/mol. The van der Waals surface area contributed by atoms with Crippen LogP contribution in [0.3, 0.4) is 0 Å². The molecule has 1 N–H and O–H groups in total. The summed E-state index contributed by atoms with van der Waals surface area (Å²) in [5.41, 5.74) is 6.34. The summed E-state index contributed by atoms with van der Waals surface area (Å²) in [5.74, 6) is 0.572. The number of rotatable bonds is 2. The Hall–Kier alpha value is -2.61. The third kappa shape index (κ3) is 2.90. The fourth-order valence-electron chi connectivity index (χ4n) is 3.53. The zero-order chi connectivity index (χ0) is 18.4. The summed E-state index contributed by atoms with van der Waals surface area (Å²) in [6.07, 6.45) is 1.09. The van der Waals surface area contributed by atoms with Gasteiger partial charge >= 0.3 is 0 Å². The lowest BCUT2D eigenvalue weighted by Crippen LogP contribution is -2.51. The molecule has 2 aliphatic rings. The number of nitrogens with zero attached hydrogens (tertiary/aromatic N) is 4. The summed E-state index contributed by atoms with van der Waals surface area (Å²) in [7, 11) is 0. The molecule has 1 unspecified atom stereocenters. The van der Waals surface area contributed by atoms with E-state index in [1.807, 2.05) is 13.0 Å². The highest BCUT2D eigenvalue weighted by atomic mass is 19.3. The van der Waals surface area contributed by atoms with Crippen LogP contribution in [0.25, 0.3) is 6.08 Å². The molecule has 0 fully saturated rings. The summed E-state index contributed by atoms with van der Waals surface area (Å²) < 4.78 is 27.4. The monoisotopic (exact) mass is 359 g/mol. The Morgan fingerprint density at radius 2 is 2.12 bits per heavy atom. The Labute approximate surface area is 149 Å². The number of hydrogen-bond acceptors (Lipinski definition) is 5. The third-order valence-electron chi connectivity index (χ3n) is 4.82. The van der Waals surface area contributed by atoms with Crippen LogP contribution < -0.4 is 11.0 Å². The largest absolute Gasteiger partial charge is 0.300 e. The smallest absolute Gasteiger partial charge is 0.272 e. The van der Waals surface area contributed by atoms with Crippen molar-refractivity contribution in [3.8, 4) is 0 Å². The highest BCUT2D eigenvalue weighted by Crippen LogP contribution is 2.27. The molecule has 2 aromatic rings. The minimum absolute atomic E-state index is 0.0595. The zero-order valence-electron chi connectivity index (χ0n) is 14.5. The lowest BCUT2D eigenvalue weighted by molar-refractivity contribution is 0.150.